The van der Waals surface area contributed by atoms with E-state index in [1.165, 1.54) is 0 Å². The first-order valence-electron chi connectivity index (χ1n) is 2.26. The Kier molecular flexibility index (Phi) is 2.55. The van der Waals surface area contributed by atoms with Crippen molar-refractivity contribution in [1.82, 2.24) is 0 Å². The third-order valence-corrected chi connectivity index (χ3v) is 2.47. The lowest BCUT2D eigenvalue weighted by molar-refractivity contribution is 1.69. The van der Waals surface area contributed by atoms with Gasteiger partial charge in [0.15, 0.2) is 0 Å². The van der Waals surface area contributed by atoms with E-state index < -0.39 is 0 Å². The van der Waals surface area contributed by atoms with Crippen LogP contribution in [0.5, 0.6) is 0 Å². The van der Waals surface area contributed by atoms with E-state index in [9.17, 15) is 0 Å². The van der Waals surface area contributed by atoms with Crippen LogP contribution in [0.15, 0.2) is 31.6 Å². The maximum Gasteiger partial charge on any atom is 0.111 e. The van der Waals surface area contributed by atoms with Gasteiger partial charge in [-0.2, -0.15) is 0 Å². The second-order valence-electron chi connectivity index (χ2n) is 1.51. The number of rotatable bonds is 0. The highest BCUT2D eigenvalue weighted by Crippen LogP contribution is 2.32. The molecule has 52 valence electrons. The highest BCUT2D eigenvalue weighted by molar-refractivity contribution is 6.52. The summed E-state index contributed by atoms with van der Waals surface area (Å²) >= 11 is 22.2. The van der Waals surface area contributed by atoms with Gasteiger partial charge in [0.1, 0.15) is 10.1 Å². The van der Waals surface area contributed by atoms with Crippen molar-refractivity contribution in [3.63, 3.8) is 0 Å². The second kappa shape index (κ2) is 3.07. The van der Waals surface area contributed by atoms with Gasteiger partial charge in [-0.1, -0.05) is 46.4 Å². The van der Waals surface area contributed by atoms with E-state index in [2.05, 4.69) is 11.5 Å². The van der Waals surface area contributed by atoms with Crippen LogP contribution in [0.3, 0.4) is 0 Å². The molecule has 0 radical (unpaired) electrons. The molecule has 0 heterocycles. The van der Waals surface area contributed by atoms with E-state index in [4.69, 9.17) is 46.4 Å². The minimum atomic E-state index is 0.215. The zero-order chi connectivity index (χ0) is 7.72. The van der Waals surface area contributed by atoms with Gasteiger partial charge in [0.25, 0.3) is 0 Å². The molecule has 0 atom stereocenters. The van der Waals surface area contributed by atoms with Crippen LogP contribution in [0.2, 0.25) is 0 Å². The van der Waals surface area contributed by atoms with Gasteiger partial charge in [0, 0.05) is 0 Å². The molecule has 0 spiro atoms. The third kappa shape index (κ3) is 1.44. The van der Waals surface area contributed by atoms with Gasteiger partial charge in [-0.3, -0.25) is 0 Å². The fraction of sp³-hybridized carbons (Fsp3) is 0. The smallest absolute Gasteiger partial charge is 0.0803 e. The van der Waals surface area contributed by atoms with Crippen molar-refractivity contribution in [2.75, 3.05) is 0 Å². The summed E-state index contributed by atoms with van der Waals surface area (Å²) in [5, 5.41) is 0.895. The Labute approximate surface area is 78.0 Å². The molecule has 1 aliphatic carbocycles. The quantitative estimate of drug-likeness (QED) is 0.539. The van der Waals surface area contributed by atoms with E-state index in [-0.39, 0.29) is 20.1 Å². The van der Waals surface area contributed by atoms with E-state index in [1.807, 2.05) is 0 Å². The number of hydrogen-bond acceptors (Lipinski definition) is 0. The molecule has 0 unspecified atom stereocenters. The molecule has 0 saturated carbocycles. The number of halogens is 4. The lowest BCUT2D eigenvalue weighted by atomic mass is 10.4. The van der Waals surface area contributed by atoms with Gasteiger partial charge < -0.3 is 0 Å². The molecule has 1 aliphatic rings. The van der Waals surface area contributed by atoms with Gasteiger partial charge in [-0.25, -0.2) is 0 Å². The molecule has 0 aromatic carbocycles. The lowest BCUT2D eigenvalue weighted by Crippen LogP contribution is -1.81. The summed E-state index contributed by atoms with van der Waals surface area (Å²) in [6.07, 6.45) is 0. The van der Waals surface area contributed by atoms with Crippen molar-refractivity contribution in [2.24, 2.45) is 0 Å². The zero-order valence-corrected chi connectivity index (χ0v) is 7.54. The maximum absolute atomic E-state index is 5.58. The molecule has 0 aromatic rings. The first kappa shape index (κ1) is 8.30. The molecular formula is C6Cl4. The summed E-state index contributed by atoms with van der Waals surface area (Å²) in [6, 6.07) is 0. The Bertz CT molecular complexity index is 268. The summed E-state index contributed by atoms with van der Waals surface area (Å²) in [4.78, 5) is 0. The largest absolute Gasteiger partial charge is 0.111 e. The standard InChI is InChI=1S/C6Cl4/c7-3-1-2-4(8)6(10)5(3)9. The fourth-order valence-electron chi connectivity index (χ4n) is 0.412. The van der Waals surface area contributed by atoms with Crippen LogP contribution >= 0.6 is 46.4 Å². The summed E-state index contributed by atoms with van der Waals surface area (Å²) in [5.41, 5.74) is 5.00. The minimum absolute atomic E-state index is 0.215. The summed E-state index contributed by atoms with van der Waals surface area (Å²) < 4.78 is 0. The van der Waals surface area contributed by atoms with Crippen LogP contribution < -0.4 is 0 Å². The molecule has 4 heteroatoms. The molecule has 0 nitrogen and oxygen atoms in total. The first-order chi connectivity index (χ1) is 4.63. The SMILES string of the molecule is ClC1=C=C=C(Cl)C(Cl)=C1Cl. The van der Waals surface area contributed by atoms with E-state index in [0.717, 1.165) is 0 Å². The van der Waals surface area contributed by atoms with Crippen molar-refractivity contribution in [2.45, 2.75) is 0 Å². The van der Waals surface area contributed by atoms with Gasteiger partial charge in [0.05, 0.1) is 10.1 Å². The molecule has 0 bridgehead atoms. The minimum Gasteiger partial charge on any atom is -0.0803 e. The molecule has 10 heavy (non-hydrogen) atoms. The van der Waals surface area contributed by atoms with Crippen LogP contribution in [0.1, 0.15) is 0 Å². The van der Waals surface area contributed by atoms with Crippen LogP contribution in [0.4, 0.5) is 0 Å². The van der Waals surface area contributed by atoms with Crippen molar-refractivity contribution in [1.29, 1.82) is 0 Å². The van der Waals surface area contributed by atoms with Crippen LogP contribution in [-0.4, -0.2) is 0 Å². The highest BCUT2D eigenvalue weighted by atomic mass is 35.5. The summed E-state index contributed by atoms with van der Waals surface area (Å²) in [6.45, 7) is 0. The fourth-order valence-corrected chi connectivity index (χ4v) is 1.08. The Balaban J connectivity index is 3.34. The first-order valence-corrected chi connectivity index (χ1v) is 3.77. The summed E-state index contributed by atoms with van der Waals surface area (Å²) in [7, 11) is 0. The molecule has 0 fully saturated rings. The highest BCUT2D eigenvalue weighted by Gasteiger charge is 2.11. The van der Waals surface area contributed by atoms with Crippen LogP contribution in [0.25, 0.3) is 0 Å². The second-order valence-corrected chi connectivity index (χ2v) is 3.02. The average Bonchev–Trinajstić information content (AvgIpc) is 1.93. The molecule has 0 N–H and O–H groups in total. The van der Waals surface area contributed by atoms with E-state index >= 15 is 0 Å². The predicted molar refractivity (Wildman–Crippen MR) is 44.5 cm³/mol. The predicted octanol–water partition coefficient (Wildman–Crippen LogP) is 3.69. The Morgan fingerprint density at radius 2 is 1.00 bits per heavy atom. The van der Waals surface area contributed by atoms with Crippen molar-refractivity contribution >= 4 is 46.4 Å². The Morgan fingerprint density at radius 1 is 0.700 bits per heavy atom. The van der Waals surface area contributed by atoms with E-state index in [0.29, 0.717) is 0 Å². The van der Waals surface area contributed by atoms with Gasteiger partial charge in [-0.05, 0) is 11.5 Å². The maximum atomic E-state index is 5.58. The summed E-state index contributed by atoms with van der Waals surface area (Å²) in [5.74, 6) is 0. The zero-order valence-electron chi connectivity index (χ0n) is 4.51. The average molecular weight is 214 g/mol. The normalized spacial score (nSPS) is 17.2. The van der Waals surface area contributed by atoms with Crippen LogP contribution in [-0.2, 0) is 0 Å². The van der Waals surface area contributed by atoms with E-state index in [1.54, 1.807) is 0 Å². The van der Waals surface area contributed by atoms with Crippen LogP contribution in [0, 0.1) is 0 Å². The third-order valence-electron chi connectivity index (χ3n) is 0.860. The molecule has 0 saturated heterocycles. The number of allylic oxidation sites excluding steroid dienone is 4. The van der Waals surface area contributed by atoms with Crippen molar-refractivity contribution < 1.29 is 0 Å². The van der Waals surface area contributed by atoms with Gasteiger partial charge in [0.2, 0.25) is 0 Å². The molecule has 0 aliphatic heterocycles. The molecule has 0 amide bonds. The topological polar surface area (TPSA) is 0 Å². The Hall–Kier alpha value is 0.200. The lowest BCUT2D eigenvalue weighted by Gasteiger charge is -1.99. The van der Waals surface area contributed by atoms with Crippen molar-refractivity contribution in [3.05, 3.63) is 31.6 Å². The van der Waals surface area contributed by atoms with Gasteiger partial charge >= 0.3 is 0 Å². The Morgan fingerprint density at radius 3 is 1.30 bits per heavy atom. The molecule has 0 aromatic heterocycles. The van der Waals surface area contributed by atoms with Gasteiger partial charge in [-0.15, -0.1) is 0 Å². The van der Waals surface area contributed by atoms with Crippen molar-refractivity contribution in [3.8, 4) is 0 Å². The number of hydrogen-bond donors (Lipinski definition) is 0. The molecule has 1 rings (SSSR count). The molecular weight excluding hydrogens is 214 g/mol. The monoisotopic (exact) mass is 212 g/mol.